The molecule has 27 heavy (non-hydrogen) atoms. The van der Waals surface area contributed by atoms with Crippen molar-refractivity contribution in [3.8, 4) is 0 Å². The zero-order valence-corrected chi connectivity index (χ0v) is 19.1. The molecule has 8 heteroatoms. The number of nitrogens with zero attached hydrogens (tertiary/aromatic N) is 2. The Morgan fingerprint density at radius 1 is 1.22 bits per heavy atom. The van der Waals surface area contributed by atoms with Crippen LogP contribution in [-0.2, 0) is 20.9 Å². The van der Waals surface area contributed by atoms with Crippen molar-refractivity contribution in [3.63, 3.8) is 0 Å². The first kappa shape index (κ1) is 20.5. The predicted molar refractivity (Wildman–Crippen MR) is 113 cm³/mol. The van der Waals surface area contributed by atoms with Crippen molar-refractivity contribution in [1.29, 1.82) is 0 Å². The van der Waals surface area contributed by atoms with Gasteiger partial charge in [-0.15, -0.1) is 0 Å². The molecule has 3 amide bonds. The Hall–Kier alpha value is -1.26. The number of hydrogen-bond acceptors (Lipinski definition) is 4. The second-order valence-corrected chi connectivity index (χ2v) is 15.0. The van der Waals surface area contributed by atoms with Crippen LogP contribution in [0, 0.1) is 3.57 Å². The lowest BCUT2D eigenvalue weighted by molar-refractivity contribution is -0.158. The molecule has 0 N–H and O–H groups in total. The standard InChI is InChI=1S/C19H25IN2O4Si/c1-27(2,3)10-9-26-12-22-17(23)8-7-16(19(22)25)21-11-14-13(18(21)24)5-4-6-15(14)20/h4-6,16H,7-12H2,1-3H3. The number of benzene rings is 1. The summed E-state index contributed by atoms with van der Waals surface area (Å²) in [4.78, 5) is 40.8. The number of amides is 3. The number of carbonyl (C=O) groups is 3. The largest absolute Gasteiger partial charge is 0.361 e. The zero-order chi connectivity index (χ0) is 19.8. The average molecular weight is 500 g/mol. The van der Waals surface area contributed by atoms with E-state index >= 15 is 0 Å². The topological polar surface area (TPSA) is 66.9 Å². The maximum absolute atomic E-state index is 12.9. The van der Waals surface area contributed by atoms with Crippen LogP contribution in [0.4, 0.5) is 0 Å². The number of hydrogen-bond donors (Lipinski definition) is 0. The summed E-state index contributed by atoms with van der Waals surface area (Å²) < 4.78 is 6.64. The lowest BCUT2D eigenvalue weighted by atomic mass is 10.0. The molecule has 1 fully saturated rings. The van der Waals surface area contributed by atoms with E-state index in [0.29, 0.717) is 25.1 Å². The van der Waals surface area contributed by atoms with Gasteiger partial charge in [0.25, 0.3) is 11.8 Å². The first-order valence-electron chi connectivity index (χ1n) is 9.19. The SMILES string of the molecule is C[Si](C)(C)CCOCN1C(=O)CCC(N2Cc3c(I)cccc3C2=O)C1=O. The molecule has 3 rings (SSSR count). The van der Waals surface area contributed by atoms with Crippen molar-refractivity contribution >= 4 is 48.4 Å². The molecule has 1 atom stereocenters. The van der Waals surface area contributed by atoms with Gasteiger partial charge in [0.15, 0.2) is 0 Å². The van der Waals surface area contributed by atoms with E-state index in [4.69, 9.17) is 4.74 Å². The molecule has 2 aliphatic rings. The average Bonchev–Trinajstić information content (AvgIpc) is 2.92. The zero-order valence-electron chi connectivity index (χ0n) is 16.0. The smallest absolute Gasteiger partial charge is 0.255 e. The van der Waals surface area contributed by atoms with Gasteiger partial charge in [-0.1, -0.05) is 25.7 Å². The first-order valence-corrected chi connectivity index (χ1v) is 14.0. The number of ether oxygens (including phenoxy) is 1. The molecular weight excluding hydrogens is 475 g/mol. The second kappa shape index (κ2) is 8.00. The van der Waals surface area contributed by atoms with Crippen LogP contribution < -0.4 is 0 Å². The van der Waals surface area contributed by atoms with Crippen molar-refractivity contribution in [2.75, 3.05) is 13.3 Å². The van der Waals surface area contributed by atoms with Crippen LogP contribution in [0.5, 0.6) is 0 Å². The maximum atomic E-state index is 12.9. The van der Waals surface area contributed by atoms with E-state index in [9.17, 15) is 14.4 Å². The third-order valence-electron chi connectivity index (χ3n) is 5.02. The Balaban J connectivity index is 1.67. The van der Waals surface area contributed by atoms with Gasteiger partial charge < -0.3 is 9.64 Å². The van der Waals surface area contributed by atoms with Crippen molar-refractivity contribution in [2.24, 2.45) is 0 Å². The molecule has 2 aliphatic heterocycles. The summed E-state index contributed by atoms with van der Waals surface area (Å²) in [5.41, 5.74) is 1.62. The highest BCUT2D eigenvalue weighted by Crippen LogP contribution is 2.31. The van der Waals surface area contributed by atoms with Gasteiger partial charge in [-0.25, -0.2) is 0 Å². The summed E-state index contributed by atoms with van der Waals surface area (Å²) >= 11 is 2.21. The molecule has 0 aromatic heterocycles. The number of rotatable bonds is 6. The number of imide groups is 1. The number of piperidine rings is 1. The summed E-state index contributed by atoms with van der Waals surface area (Å²) in [6, 6.07) is 5.99. The summed E-state index contributed by atoms with van der Waals surface area (Å²) in [5.74, 6) is -0.672. The lowest BCUT2D eigenvalue weighted by Gasteiger charge is -2.35. The number of fused-ring (bicyclic) bond motifs is 1. The molecule has 0 saturated carbocycles. The van der Waals surface area contributed by atoms with E-state index in [1.165, 1.54) is 4.90 Å². The van der Waals surface area contributed by atoms with Gasteiger partial charge in [0.2, 0.25) is 5.91 Å². The van der Waals surface area contributed by atoms with Gasteiger partial charge in [-0.3, -0.25) is 19.3 Å². The molecule has 146 valence electrons. The van der Waals surface area contributed by atoms with Crippen LogP contribution in [0.15, 0.2) is 18.2 Å². The minimum atomic E-state index is -1.23. The van der Waals surface area contributed by atoms with Gasteiger partial charge in [-0.2, -0.15) is 0 Å². The summed E-state index contributed by atoms with van der Waals surface area (Å²) in [7, 11) is -1.23. The van der Waals surface area contributed by atoms with Crippen LogP contribution >= 0.6 is 22.6 Å². The maximum Gasteiger partial charge on any atom is 0.255 e. The van der Waals surface area contributed by atoms with Crippen LogP contribution in [-0.4, -0.2) is 55.0 Å². The highest BCUT2D eigenvalue weighted by Gasteiger charge is 2.43. The minimum absolute atomic E-state index is 0.0227. The number of likely N-dealkylation sites (tertiary alicyclic amines) is 1. The fourth-order valence-corrected chi connectivity index (χ4v) is 4.77. The van der Waals surface area contributed by atoms with Crippen LogP contribution in [0.25, 0.3) is 0 Å². The van der Waals surface area contributed by atoms with Gasteiger partial charge >= 0.3 is 0 Å². The Bertz CT molecular complexity index is 777. The second-order valence-electron chi connectivity index (χ2n) is 8.26. The number of halogens is 1. The lowest BCUT2D eigenvalue weighted by Crippen LogP contribution is -2.55. The van der Waals surface area contributed by atoms with Gasteiger partial charge in [-0.05, 0) is 52.8 Å². The van der Waals surface area contributed by atoms with Gasteiger partial charge in [0.05, 0.1) is 0 Å². The normalized spacial score (nSPS) is 20.4. The highest BCUT2D eigenvalue weighted by atomic mass is 127. The summed E-state index contributed by atoms with van der Waals surface area (Å²) in [5, 5.41) is 0. The Morgan fingerprint density at radius 2 is 1.96 bits per heavy atom. The molecule has 0 radical (unpaired) electrons. The number of carbonyl (C=O) groups excluding carboxylic acids is 3. The Morgan fingerprint density at radius 3 is 2.63 bits per heavy atom. The van der Waals surface area contributed by atoms with Crippen molar-refractivity contribution in [2.45, 2.75) is 51.1 Å². The van der Waals surface area contributed by atoms with E-state index in [2.05, 4.69) is 42.2 Å². The van der Waals surface area contributed by atoms with Crippen molar-refractivity contribution in [3.05, 3.63) is 32.9 Å². The molecule has 1 unspecified atom stereocenters. The fourth-order valence-electron chi connectivity index (χ4n) is 3.35. The van der Waals surface area contributed by atoms with Crippen molar-refractivity contribution < 1.29 is 19.1 Å². The summed E-state index contributed by atoms with van der Waals surface area (Å²) in [6.45, 7) is 7.70. The highest BCUT2D eigenvalue weighted by molar-refractivity contribution is 14.1. The molecule has 1 saturated heterocycles. The molecule has 1 aromatic rings. The summed E-state index contributed by atoms with van der Waals surface area (Å²) in [6.07, 6.45) is 0.629. The fraction of sp³-hybridized carbons (Fsp3) is 0.526. The minimum Gasteiger partial charge on any atom is -0.361 e. The quantitative estimate of drug-likeness (QED) is 0.261. The van der Waals surface area contributed by atoms with E-state index < -0.39 is 14.1 Å². The van der Waals surface area contributed by atoms with E-state index in [0.717, 1.165) is 15.2 Å². The molecule has 1 aromatic carbocycles. The van der Waals surface area contributed by atoms with Crippen LogP contribution in [0.1, 0.15) is 28.8 Å². The van der Waals surface area contributed by atoms with E-state index in [-0.39, 0.29) is 30.9 Å². The van der Waals surface area contributed by atoms with Crippen molar-refractivity contribution in [1.82, 2.24) is 9.80 Å². The molecule has 0 bridgehead atoms. The molecule has 2 heterocycles. The first-order chi connectivity index (χ1) is 12.7. The third kappa shape index (κ3) is 4.43. The third-order valence-corrected chi connectivity index (χ3v) is 7.73. The van der Waals surface area contributed by atoms with E-state index in [1.807, 2.05) is 12.1 Å². The van der Waals surface area contributed by atoms with E-state index in [1.54, 1.807) is 11.0 Å². The van der Waals surface area contributed by atoms with Gasteiger partial charge in [0.1, 0.15) is 12.8 Å². The monoisotopic (exact) mass is 500 g/mol. The molecule has 0 spiro atoms. The predicted octanol–water partition coefficient (Wildman–Crippen LogP) is 3.08. The van der Waals surface area contributed by atoms with Gasteiger partial charge in [0, 0.05) is 36.8 Å². The molecule has 6 nitrogen and oxygen atoms in total. The Labute approximate surface area is 174 Å². The molecule has 0 aliphatic carbocycles. The Kier molecular flexibility index (Phi) is 6.07. The van der Waals surface area contributed by atoms with Crippen LogP contribution in [0.3, 0.4) is 0 Å². The molecular formula is C19H25IN2O4Si. The van der Waals surface area contributed by atoms with Crippen LogP contribution in [0.2, 0.25) is 25.7 Å².